The van der Waals surface area contributed by atoms with Gasteiger partial charge in [-0.05, 0) is 25.7 Å². The normalized spacial score (nSPS) is 28.5. The van der Waals surface area contributed by atoms with Crippen LogP contribution in [0.25, 0.3) is 0 Å². The second-order valence-electron chi connectivity index (χ2n) is 6.48. The quantitative estimate of drug-likeness (QED) is 0.864. The van der Waals surface area contributed by atoms with E-state index in [1.54, 1.807) is 0 Å². The van der Waals surface area contributed by atoms with Crippen molar-refractivity contribution in [3.63, 3.8) is 0 Å². The van der Waals surface area contributed by atoms with Crippen LogP contribution in [0, 0.1) is 6.92 Å². The van der Waals surface area contributed by atoms with Crippen LogP contribution in [-0.2, 0) is 4.74 Å². The van der Waals surface area contributed by atoms with E-state index in [9.17, 15) is 0 Å². The smallest absolute Gasteiger partial charge is 0.156 e. The first-order valence-electron chi connectivity index (χ1n) is 8.68. The first-order valence-corrected chi connectivity index (χ1v) is 8.68. The number of anilines is 2. The Morgan fingerprint density at radius 2 is 2.00 bits per heavy atom. The van der Waals surface area contributed by atoms with Gasteiger partial charge in [0, 0.05) is 13.1 Å². The molecule has 5 nitrogen and oxygen atoms in total. The number of hydrogen-bond acceptors (Lipinski definition) is 5. The summed E-state index contributed by atoms with van der Waals surface area (Å²) in [5.74, 6) is 2.37. The molecule has 0 amide bonds. The Morgan fingerprint density at radius 1 is 1.23 bits per heavy atom. The van der Waals surface area contributed by atoms with Crippen LogP contribution >= 0.6 is 0 Å². The summed E-state index contributed by atoms with van der Waals surface area (Å²) in [6.45, 7) is 12.3. The van der Waals surface area contributed by atoms with E-state index in [2.05, 4.69) is 29.0 Å². The zero-order valence-electron chi connectivity index (χ0n) is 14.4. The van der Waals surface area contributed by atoms with Crippen molar-refractivity contribution >= 4 is 11.5 Å². The summed E-state index contributed by atoms with van der Waals surface area (Å²) in [6, 6.07) is 0.426. The van der Waals surface area contributed by atoms with Gasteiger partial charge in [-0.15, -0.1) is 0 Å². The lowest BCUT2D eigenvalue weighted by Gasteiger charge is -2.45. The topological polar surface area (TPSA) is 50.3 Å². The molecule has 2 fully saturated rings. The van der Waals surface area contributed by atoms with Gasteiger partial charge in [0.2, 0.25) is 0 Å². The zero-order valence-corrected chi connectivity index (χ0v) is 14.4. The number of nitrogens with one attached hydrogen (secondary N) is 1. The monoisotopic (exact) mass is 304 g/mol. The van der Waals surface area contributed by atoms with Crippen LogP contribution in [0.1, 0.15) is 58.0 Å². The number of aromatic nitrogens is 2. The van der Waals surface area contributed by atoms with Gasteiger partial charge < -0.3 is 15.0 Å². The summed E-state index contributed by atoms with van der Waals surface area (Å²) in [7, 11) is 0. The van der Waals surface area contributed by atoms with E-state index in [1.807, 2.05) is 20.8 Å². The fourth-order valence-corrected chi connectivity index (χ4v) is 3.77. The third-order valence-corrected chi connectivity index (χ3v) is 4.71. The minimum Gasteiger partial charge on any atom is -0.378 e. The number of nitrogens with zero attached hydrogens (tertiary/aromatic N) is 3. The molecule has 1 N–H and O–H groups in total. The Hall–Kier alpha value is -1.36. The van der Waals surface area contributed by atoms with Crippen LogP contribution in [0.4, 0.5) is 11.5 Å². The molecule has 5 heteroatoms. The number of rotatable bonds is 1. The van der Waals surface area contributed by atoms with Crippen molar-refractivity contribution < 1.29 is 4.74 Å². The molecule has 2 saturated heterocycles. The van der Waals surface area contributed by atoms with Crippen molar-refractivity contribution in [1.29, 1.82) is 0 Å². The molecule has 3 aliphatic rings. The molecule has 0 spiro atoms. The van der Waals surface area contributed by atoms with Gasteiger partial charge in [-0.2, -0.15) is 0 Å². The molecule has 0 aromatic carbocycles. The molecule has 0 aliphatic carbocycles. The minimum absolute atomic E-state index is 0.368. The molecule has 0 saturated carbocycles. The molecular formula is C17H28N4O. The summed E-state index contributed by atoms with van der Waals surface area (Å²) >= 11 is 0. The molecule has 3 aliphatic heterocycles. The average molecular weight is 304 g/mol. The van der Waals surface area contributed by atoms with E-state index in [1.165, 1.54) is 12.8 Å². The molecule has 122 valence electrons. The standard InChI is InChI=1S/C15H22N4O.C2H6/c1-8(2)13-14-15(18-9(3)17-13)19-7-10-4-5-12(20-10)11(19)6-16-14;1-2/h8,10-12,16H,4-7H2,1-3H3;1-2H3. The lowest BCUT2D eigenvalue weighted by molar-refractivity contribution is 0.00647. The van der Waals surface area contributed by atoms with E-state index in [0.717, 1.165) is 36.1 Å². The summed E-state index contributed by atoms with van der Waals surface area (Å²) < 4.78 is 6.06. The second kappa shape index (κ2) is 6.03. The SMILES string of the molecule is CC.Cc1nc(C(C)C)c2c(n1)N1CC3CCC(O3)C1CN2. The molecule has 22 heavy (non-hydrogen) atoms. The number of morpholine rings is 1. The Balaban J connectivity index is 0.000000693. The van der Waals surface area contributed by atoms with Gasteiger partial charge in [-0.3, -0.25) is 0 Å². The fraction of sp³-hybridized carbons (Fsp3) is 0.765. The maximum atomic E-state index is 6.06. The van der Waals surface area contributed by atoms with Crippen molar-refractivity contribution in [3.8, 4) is 0 Å². The largest absolute Gasteiger partial charge is 0.378 e. The predicted molar refractivity (Wildman–Crippen MR) is 89.7 cm³/mol. The highest BCUT2D eigenvalue weighted by molar-refractivity contribution is 5.72. The predicted octanol–water partition coefficient (Wildman–Crippen LogP) is 3.10. The van der Waals surface area contributed by atoms with Gasteiger partial charge in [0.1, 0.15) is 5.82 Å². The molecule has 2 bridgehead atoms. The maximum Gasteiger partial charge on any atom is 0.156 e. The fourth-order valence-electron chi connectivity index (χ4n) is 3.77. The molecule has 1 aromatic heterocycles. The zero-order chi connectivity index (χ0) is 15.9. The van der Waals surface area contributed by atoms with Crippen molar-refractivity contribution in [1.82, 2.24) is 9.97 Å². The highest BCUT2D eigenvalue weighted by Crippen LogP contribution is 2.41. The van der Waals surface area contributed by atoms with Crippen LogP contribution < -0.4 is 10.2 Å². The van der Waals surface area contributed by atoms with E-state index >= 15 is 0 Å². The summed E-state index contributed by atoms with van der Waals surface area (Å²) in [5.41, 5.74) is 2.29. The van der Waals surface area contributed by atoms with Crippen molar-refractivity contribution in [2.75, 3.05) is 23.3 Å². The van der Waals surface area contributed by atoms with Crippen molar-refractivity contribution in [3.05, 3.63) is 11.5 Å². The van der Waals surface area contributed by atoms with E-state index in [0.29, 0.717) is 24.2 Å². The molecule has 0 radical (unpaired) electrons. The van der Waals surface area contributed by atoms with Gasteiger partial charge in [-0.1, -0.05) is 27.7 Å². The Bertz CT molecular complexity index is 546. The van der Waals surface area contributed by atoms with Crippen molar-refractivity contribution in [2.24, 2.45) is 0 Å². The Kier molecular flexibility index (Phi) is 4.26. The highest BCUT2D eigenvalue weighted by atomic mass is 16.5. The lowest BCUT2D eigenvalue weighted by Crippen LogP contribution is -2.56. The number of hydrogen-bond donors (Lipinski definition) is 1. The maximum absolute atomic E-state index is 6.06. The molecule has 1 aromatic rings. The van der Waals surface area contributed by atoms with E-state index in [-0.39, 0.29) is 0 Å². The Morgan fingerprint density at radius 3 is 2.73 bits per heavy atom. The third kappa shape index (κ3) is 2.45. The average Bonchev–Trinajstić information content (AvgIpc) is 2.91. The number of ether oxygens (including phenoxy) is 1. The summed E-state index contributed by atoms with van der Waals surface area (Å²) in [4.78, 5) is 11.9. The minimum atomic E-state index is 0.368. The summed E-state index contributed by atoms with van der Waals surface area (Å²) in [6.07, 6.45) is 3.13. The molecule has 3 unspecified atom stereocenters. The van der Waals surface area contributed by atoms with Crippen LogP contribution in [0.5, 0.6) is 0 Å². The first-order chi connectivity index (χ1) is 10.6. The van der Waals surface area contributed by atoms with Gasteiger partial charge >= 0.3 is 0 Å². The summed E-state index contributed by atoms with van der Waals surface area (Å²) in [5, 5.41) is 3.58. The lowest BCUT2D eigenvalue weighted by atomic mass is 10.0. The van der Waals surface area contributed by atoms with Gasteiger partial charge in [-0.25, -0.2) is 9.97 Å². The molecular weight excluding hydrogens is 276 g/mol. The Labute approximate surface area is 133 Å². The second-order valence-corrected chi connectivity index (χ2v) is 6.48. The van der Waals surface area contributed by atoms with Crippen LogP contribution in [0.15, 0.2) is 0 Å². The van der Waals surface area contributed by atoms with Crippen LogP contribution in [0.2, 0.25) is 0 Å². The molecule has 4 heterocycles. The highest BCUT2D eigenvalue weighted by Gasteiger charge is 2.45. The number of aryl methyl sites for hydroxylation is 1. The van der Waals surface area contributed by atoms with Gasteiger partial charge in [0.05, 0.1) is 29.6 Å². The van der Waals surface area contributed by atoms with Crippen molar-refractivity contribution in [2.45, 2.75) is 71.6 Å². The molecule has 3 atom stereocenters. The van der Waals surface area contributed by atoms with Crippen LogP contribution in [0.3, 0.4) is 0 Å². The van der Waals surface area contributed by atoms with E-state index < -0.39 is 0 Å². The van der Waals surface area contributed by atoms with Gasteiger partial charge in [0.15, 0.2) is 5.82 Å². The number of fused-ring (bicyclic) bond motifs is 6. The third-order valence-electron chi connectivity index (χ3n) is 4.71. The van der Waals surface area contributed by atoms with Gasteiger partial charge in [0.25, 0.3) is 0 Å². The molecule has 4 rings (SSSR count). The first kappa shape index (κ1) is 15.5. The van der Waals surface area contributed by atoms with Crippen LogP contribution in [-0.4, -0.2) is 41.3 Å². The van der Waals surface area contributed by atoms with E-state index in [4.69, 9.17) is 9.72 Å².